The highest BCUT2D eigenvalue weighted by Crippen LogP contribution is 2.17. The first-order valence-corrected chi connectivity index (χ1v) is 8.57. The summed E-state index contributed by atoms with van der Waals surface area (Å²) in [6.45, 7) is 0.235. The Labute approximate surface area is 153 Å². The molecule has 26 heavy (non-hydrogen) atoms. The van der Waals surface area contributed by atoms with Crippen LogP contribution in [0.3, 0.4) is 0 Å². The van der Waals surface area contributed by atoms with Crippen LogP contribution in [0.15, 0.2) is 29.6 Å². The summed E-state index contributed by atoms with van der Waals surface area (Å²) < 4.78 is 17.7. The predicted molar refractivity (Wildman–Crippen MR) is 94.3 cm³/mol. The SMILES string of the molecule is COC(=O)N(CCO)Cc1csc(NC(=O)NCc2cccc(F)c2)n1. The van der Waals surface area contributed by atoms with Gasteiger partial charge in [0.15, 0.2) is 5.13 Å². The number of carbonyl (C=O) groups is 2. The molecule has 0 bridgehead atoms. The van der Waals surface area contributed by atoms with Crippen LogP contribution in [0.2, 0.25) is 0 Å². The standard InChI is InChI=1S/C16H19FN4O4S/c1-25-16(24)21(5-6-22)9-13-10-26-15(19-13)20-14(23)18-8-11-3-2-4-12(17)7-11/h2-4,7,10,22H,5-6,8-9H2,1H3,(H2,18,19,20,23). The Morgan fingerprint density at radius 1 is 1.42 bits per heavy atom. The van der Waals surface area contributed by atoms with Crippen molar-refractivity contribution in [1.82, 2.24) is 15.2 Å². The Morgan fingerprint density at radius 2 is 2.23 bits per heavy atom. The van der Waals surface area contributed by atoms with Crippen LogP contribution in [0.5, 0.6) is 0 Å². The number of anilines is 1. The van der Waals surface area contributed by atoms with Crippen LogP contribution >= 0.6 is 11.3 Å². The number of thiazole rings is 1. The lowest BCUT2D eigenvalue weighted by Gasteiger charge is -2.18. The van der Waals surface area contributed by atoms with Crippen LogP contribution in [0, 0.1) is 5.82 Å². The smallest absolute Gasteiger partial charge is 0.409 e. The van der Waals surface area contributed by atoms with Gasteiger partial charge in [-0.25, -0.2) is 19.0 Å². The minimum absolute atomic E-state index is 0.112. The fraction of sp³-hybridized carbons (Fsp3) is 0.312. The molecule has 1 heterocycles. The zero-order chi connectivity index (χ0) is 18.9. The summed E-state index contributed by atoms with van der Waals surface area (Å²) in [5.41, 5.74) is 1.19. The number of amides is 3. The Balaban J connectivity index is 1.86. The number of rotatable bonds is 7. The largest absolute Gasteiger partial charge is 0.453 e. The molecule has 0 unspecified atom stereocenters. The van der Waals surface area contributed by atoms with Gasteiger partial charge in [0, 0.05) is 18.5 Å². The number of methoxy groups -OCH3 is 1. The maximum Gasteiger partial charge on any atom is 0.409 e. The fourth-order valence-corrected chi connectivity index (χ4v) is 2.78. The lowest BCUT2D eigenvalue weighted by molar-refractivity contribution is 0.110. The molecule has 10 heteroatoms. The molecule has 8 nitrogen and oxygen atoms in total. The van der Waals surface area contributed by atoms with Crippen LogP contribution < -0.4 is 10.6 Å². The molecule has 1 aromatic carbocycles. The van der Waals surface area contributed by atoms with Gasteiger partial charge in [-0.05, 0) is 17.7 Å². The Bertz CT molecular complexity index is 755. The van der Waals surface area contributed by atoms with Crippen molar-refractivity contribution >= 4 is 28.6 Å². The summed E-state index contributed by atoms with van der Waals surface area (Å²) in [5, 5.41) is 16.2. The normalized spacial score (nSPS) is 10.3. The maximum absolute atomic E-state index is 13.1. The number of aliphatic hydroxyl groups excluding tert-OH is 1. The van der Waals surface area contributed by atoms with E-state index in [0.717, 1.165) is 0 Å². The zero-order valence-electron chi connectivity index (χ0n) is 14.1. The van der Waals surface area contributed by atoms with Crippen molar-refractivity contribution < 1.29 is 23.8 Å². The van der Waals surface area contributed by atoms with Crippen molar-refractivity contribution in [1.29, 1.82) is 0 Å². The number of nitrogens with one attached hydrogen (secondary N) is 2. The fourth-order valence-electron chi connectivity index (χ4n) is 2.09. The molecule has 0 aliphatic carbocycles. The Morgan fingerprint density at radius 3 is 2.92 bits per heavy atom. The first kappa shape index (κ1) is 19.6. The van der Waals surface area contributed by atoms with E-state index in [4.69, 9.17) is 5.11 Å². The van der Waals surface area contributed by atoms with Crippen molar-refractivity contribution in [2.75, 3.05) is 25.6 Å². The third-order valence-corrected chi connectivity index (χ3v) is 4.08. The minimum Gasteiger partial charge on any atom is -0.453 e. The summed E-state index contributed by atoms with van der Waals surface area (Å²) in [5.74, 6) is -0.368. The molecule has 0 saturated carbocycles. The van der Waals surface area contributed by atoms with Crippen LogP contribution in [-0.4, -0.2) is 47.4 Å². The zero-order valence-corrected chi connectivity index (χ0v) is 14.9. The molecule has 0 radical (unpaired) electrons. The molecule has 2 aromatic rings. The van der Waals surface area contributed by atoms with Gasteiger partial charge < -0.3 is 15.2 Å². The molecule has 0 atom stereocenters. The Hall–Kier alpha value is -2.72. The first-order valence-electron chi connectivity index (χ1n) is 7.69. The lowest BCUT2D eigenvalue weighted by atomic mass is 10.2. The lowest BCUT2D eigenvalue weighted by Crippen LogP contribution is -2.33. The van der Waals surface area contributed by atoms with E-state index in [1.54, 1.807) is 17.5 Å². The number of nitrogens with zero attached hydrogens (tertiary/aromatic N) is 2. The first-order chi connectivity index (χ1) is 12.5. The predicted octanol–water partition coefficient (Wildman–Crippen LogP) is 2.16. The van der Waals surface area contributed by atoms with E-state index in [9.17, 15) is 14.0 Å². The molecular formula is C16H19FN4O4S. The van der Waals surface area contributed by atoms with Crippen molar-refractivity contribution in [3.8, 4) is 0 Å². The summed E-state index contributed by atoms with van der Waals surface area (Å²) in [7, 11) is 1.25. The molecule has 0 saturated heterocycles. The van der Waals surface area contributed by atoms with E-state index >= 15 is 0 Å². The molecule has 3 amide bonds. The van der Waals surface area contributed by atoms with Crippen LogP contribution in [0.25, 0.3) is 0 Å². The van der Waals surface area contributed by atoms with Gasteiger partial charge in [-0.3, -0.25) is 10.2 Å². The van der Waals surface area contributed by atoms with Gasteiger partial charge in [0.2, 0.25) is 0 Å². The number of ether oxygens (including phenoxy) is 1. The van der Waals surface area contributed by atoms with Gasteiger partial charge >= 0.3 is 12.1 Å². The quantitative estimate of drug-likeness (QED) is 0.681. The third-order valence-electron chi connectivity index (χ3n) is 3.27. The van der Waals surface area contributed by atoms with Gasteiger partial charge in [0.1, 0.15) is 5.82 Å². The van der Waals surface area contributed by atoms with Crippen molar-refractivity contribution in [3.05, 3.63) is 46.7 Å². The number of hydrogen-bond acceptors (Lipinski definition) is 6. The third kappa shape index (κ3) is 5.97. The van der Waals surface area contributed by atoms with Gasteiger partial charge in [-0.2, -0.15) is 0 Å². The van der Waals surface area contributed by atoms with Crippen molar-refractivity contribution in [2.45, 2.75) is 13.1 Å². The summed E-state index contributed by atoms with van der Waals surface area (Å²) in [6.07, 6.45) is -0.575. The number of aromatic nitrogens is 1. The average molecular weight is 382 g/mol. The van der Waals surface area contributed by atoms with E-state index in [-0.39, 0.29) is 32.1 Å². The second-order valence-corrected chi connectivity index (χ2v) is 6.05. The molecule has 2 rings (SSSR count). The number of urea groups is 1. The minimum atomic E-state index is -0.575. The topological polar surface area (TPSA) is 104 Å². The van der Waals surface area contributed by atoms with E-state index in [1.165, 1.54) is 35.5 Å². The van der Waals surface area contributed by atoms with Crippen LogP contribution in [0.4, 0.5) is 19.1 Å². The van der Waals surface area contributed by atoms with Crippen LogP contribution in [-0.2, 0) is 17.8 Å². The molecule has 3 N–H and O–H groups in total. The summed E-state index contributed by atoms with van der Waals surface area (Å²) in [6, 6.07) is 5.46. The monoisotopic (exact) mass is 382 g/mol. The van der Waals surface area contributed by atoms with Gasteiger partial charge in [-0.1, -0.05) is 12.1 Å². The molecule has 0 spiro atoms. The number of carbonyl (C=O) groups excluding carboxylic acids is 2. The Kier molecular flexibility index (Phi) is 7.30. The molecule has 140 valence electrons. The van der Waals surface area contributed by atoms with E-state index in [0.29, 0.717) is 16.4 Å². The van der Waals surface area contributed by atoms with E-state index in [1.807, 2.05) is 0 Å². The van der Waals surface area contributed by atoms with E-state index < -0.39 is 12.1 Å². The summed E-state index contributed by atoms with van der Waals surface area (Å²) >= 11 is 1.20. The van der Waals surface area contributed by atoms with Crippen LogP contribution in [0.1, 0.15) is 11.3 Å². The van der Waals surface area contributed by atoms with E-state index in [2.05, 4.69) is 20.4 Å². The molecule has 0 fully saturated rings. The molecule has 1 aromatic heterocycles. The highest BCUT2D eigenvalue weighted by atomic mass is 32.1. The highest BCUT2D eigenvalue weighted by Gasteiger charge is 2.16. The highest BCUT2D eigenvalue weighted by molar-refractivity contribution is 7.13. The van der Waals surface area contributed by atoms with Crippen molar-refractivity contribution in [3.63, 3.8) is 0 Å². The average Bonchev–Trinajstić information content (AvgIpc) is 3.06. The second-order valence-electron chi connectivity index (χ2n) is 5.20. The number of aliphatic hydroxyl groups is 1. The molecule has 0 aliphatic rings. The number of hydrogen-bond donors (Lipinski definition) is 3. The van der Waals surface area contributed by atoms with Gasteiger partial charge in [0.05, 0.1) is 26.0 Å². The van der Waals surface area contributed by atoms with Gasteiger partial charge in [0.25, 0.3) is 0 Å². The number of halogens is 1. The molecule has 0 aliphatic heterocycles. The maximum atomic E-state index is 13.1. The number of benzene rings is 1. The van der Waals surface area contributed by atoms with Gasteiger partial charge in [-0.15, -0.1) is 11.3 Å². The van der Waals surface area contributed by atoms with Crippen molar-refractivity contribution in [2.24, 2.45) is 0 Å². The summed E-state index contributed by atoms with van der Waals surface area (Å²) in [4.78, 5) is 29.0. The molecular weight excluding hydrogens is 363 g/mol. The second kappa shape index (κ2) is 9.68.